The Kier molecular flexibility index (Phi) is 3.96. The van der Waals surface area contributed by atoms with Crippen LogP contribution in [0.3, 0.4) is 0 Å². The van der Waals surface area contributed by atoms with Gasteiger partial charge in [-0.3, -0.25) is 4.79 Å². The lowest BCUT2D eigenvalue weighted by molar-refractivity contribution is -0.145. The molecule has 1 aromatic heterocycles. The number of ether oxygens (including phenoxy) is 1. The number of esters is 1. The maximum Gasteiger partial charge on any atom is 0.315 e. The minimum Gasteiger partial charge on any atom is -0.465 e. The quantitative estimate of drug-likeness (QED) is 0.865. The van der Waals surface area contributed by atoms with Crippen molar-refractivity contribution in [2.45, 2.75) is 57.9 Å². The standard InChI is InChI=1S/C15H22N2O2S/c1-3-19-14(18)11-5-4-6-12-13(11)17-15(20-12)16-10-7-9(2)8-10/h9-11H,3-8H2,1-2H3,(H,16,17). The Hall–Kier alpha value is -1.10. The molecule has 2 aliphatic rings. The molecule has 1 atom stereocenters. The summed E-state index contributed by atoms with van der Waals surface area (Å²) in [6.07, 6.45) is 5.43. The molecule has 2 aliphatic carbocycles. The first-order valence-electron chi connectivity index (χ1n) is 7.60. The van der Waals surface area contributed by atoms with E-state index in [1.165, 1.54) is 17.7 Å². The molecule has 1 fully saturated rings. The van der Waals surface area contributed by atoms with Gasteiger partial charge in [0.05, 0.1) is 12.3 Å². The van der Waals surface area contributed by atoms with Gasteiger partial charge in [-0.05, 0) is 44.9 Å². The van der Waals surface area contributed by atoms with Crippen molar-refractivity contribution >= 4 is 22.4 Å². The Morgan fingerprint density at radius 2 is 2.30 bits per heavy atom. The average molecular weight is 294 g/mol. The van der Waals surface area contributed by atoms with Crippen LogP contribution in [0.1, 0.15) is 56.0 Å². The monoisotopic (exact) mass is 294 g/mol. The van der Waals surface area contributed by atoms with E-state index in [0.29, 0.717) is 12.6 Å². The fourth-order valence-electron chi connectivity index (χ4n) is 3.15. The lowest BCUT2D eigenvalue weighted by Gasteiger charge is -2.33. The normalized spacial score (nSPS) is 28.4. The van der Waals surface area contributed by atoms with Crippen molar-refractivity contribution in [3.05, 3.63) is 10.6 Å². The van der Waals surface area contributed by atoms with Crippen LogP contribution in [0.5, 0.6) is 0 Å². The van der Waals surface area contributed by atoms with Gasteiger partial charge in [-0.25, -0.2) is 4.98 Å². The molecule has 0 radical (unpaired) electrons. The summed E-state index contributed by atoms with van der Waals surface area (Å²) in [6.45, 7) is 4.58. The third-order valence-electron chi connectivity index (χ3n) is 4.23. The van der Waals surface area contributed by atoms with Crippen LogP contribution >= 0.6 is 11.3 Å². The zero-order valence-corrected chi connectivity index (χ0v) is 13.0. The van der Waals surface area contributed by atoms with Gasteiger partial charge in [0.25, 0.3) is 0 Å². The van der Waals surface area contributed by atoms with Crippen molar-refractivity contribution in [3.8, 4) is 0 Å². The summed E-state index contributed by atoms with van der Waals surface area (Å²) in [5.74, 6) is 0.572. The highest BCUT2D eigenvalue weighted by atomic mass is 32.1. The van der Waals surface area contributed by atoms with E-state index in [2.05, 4.69) is 17.2 Å². The van der Waals surface area contributed by atoms with Crippen LogP contribution in [-0.2, 0) is 16.0 Å². The number of fused-ring (bicyclic) bond motifs is 1. The second-order valence-corrected chi connectivity index (χ2v) is 7.03. The van der Waals surface area contributed by atoms with Gasteiger partial charge in [-0.2, -0.15) is 0 Å². The number of hydrogen-bond acceptors (Lipinski definition) is 5. The Morgan fingerprint density at radius 1 is 1.50 bits per heavy atom. The highest BCUT2D eigenvalue weighted by Crippen LogP contribution is 2.39. The zero-order chi connectivity index (χ0) is 14.1. The molecule has 1 heterocycles. The number of nitrogens with zero attached hydrogens (tertiary/aromatic N) is 1. The van der Waals surface area contributed by atoms with Crippen molar-refractivity contribution in [2.24, 2.45) is 5.92 Å². The Morgan fingerprint density at radius 3 is 3.00 bits per heavy atom. The second-order valence-electron chi connectivity index (χ2n) is 5.94. The van der Waals surface area contributed by atoms with Crippen molar-refractivity contribution in [2.75, 3.05) is 11.9 Å². The summed E-state index contributed by atoms with van der Waals surface area (Å²) in [4.78, 5) is 18.0. The molecule has 0 saturated heterocycles. The zero-order valence-electron chi connectivity index (χ0n) is 12.1. The Labute approximate surface area is 123 Å². The Balaban J connectivity index is 1.72. The molecule has 1 unspecified atom stereocenters. The van der Waals surface area contributed by atoms with Gasteiger partial charge in [0.2, 0.25) is 0 Å². The SMILES string of the molecule is CCOC(=O)C1CCCc2sc(NC3CC(C)C3)nc21. The first-order chi connectivity index (χ1) is 9.67. The first kappa shape index (κ1) is 13.9. The van der Waals surface area contributed by atoms with Crippen molar-refractivity contribution < 1.29 is 9.53 Å². The van der Waals surface area contributed by atoms with Crippen LogP contribution in [0.2, 0.25) is 0 Å². The van der Waals surface area contributed by atoms with E-state index in [9.17, 15) is 4.79 Å². The predicted molar refractivity (Wildman–Crippen MR) is 80.2 cm³/mol. The predicted octanol–water partition coefficient (Wildman–Crippen LogP) is 3.34. The molecule has 5 heteroatoms. The van der Waals surface area contributed by atoms with Gasteiger partial charge in [0.1, 0.15) is 5.92 Å². The topological polar surface area (TPSA) is 51.2 Å². The summed E-state index contributed by atoms with van der Waals surface area (Å²) in [7, 11) is 0. The van der Waals surface area contributed by atoms with Crippen molar-refractivity contribution in [1.82, 2.24) is 4.98 Å². The Bertz CT molecular complexity index is 494. The summed E-state index contributed by atoms with van der Waals surface area (Å²) < 4.78 is 5.18. The van der Waals surface area contributed by atoms with Crippen LogP contribution in [0.4, 0.5) is 5.13 Å². The molecule has 0 spiro atoms. The van der Waals surface area contributed by atoms with Crippen molar-refractivity contribution in [1.29, 1.82) is 0 Å². The number of thiazole rings is 1. The molecule has 0 aliphatic heterocycles. The molecular formula is C15H22N2O2S. The van der Waals surface area contributed by atoms with Crippen LogP contribution in [-0.4, -0.2) is 23.6 Å². The van der Waals surface area contributed by atoms with Crippen LogP contribution in [0.15, 0.2) is 0 Å². The lowest BCUT2D eigenvalue weighted by Crippen LogP contribution is -2.33. The second kappa shape index (κ2) is 5.72. The summed E-state index contributed by atoms with van der Waals surface area (Å²) in [6, 6.07) is 0.568. The number of anilines is 1. The van der Waals surface area contributed by atoms with Crippen molar-refractivity contribution in [3.63, 3.8) is 0 Å². The van der Waals surface area contributed by atoms with E-state index >= 15 is 0 Å². The summed E-state index contributed by atoms with van der Waals surface area (Å²) >= 11 is 1.72. The van der Waals surface area contributed by atoms with Crippen LogP contribution in [0.25, 0.3) is 0 Å². The first-order valence-corrected chi connectivity index (χ1v) is 8.41. The minimum absolute atomic E-state index is 0.109. The molecule has 1 aromatic rings. The molecule has 0 bridgehead atoms. The molecule has 0 amide bonds. The average Bonchev–Trinajstić information content (AvgIpc) is 2.79. The number of nitrogens with one attached hydrogen (secondary N) is 1. The fourth-order valence-corrected chi connectivity index (χ4v) is 4.29. The van der Waals surface area contributed by atoms with E-state index in [1.807, 2.05) is 6.92 Å². The molecule has 4 nitrogen and oxygen atoms in total. The third-order valence-corrected chi connectivity index (χ3v) is 5.29. The van der Waals surface area contributed by atoms with E-state index in [1.54, 1.807) is 11.3 Å². The largest absolute Gasteiger partial charge is 0.465 e. The number of carbonyl (C=O) groups excluding carboxylic acids is 1. The number of carbonyl (C=O) groups is 1. The molecule has 3 rings (SSSR count). The maximum absolute atomic E-state index is 12.0. The van der Waals surface area contributed by atoms with Crippen LogP contribution < -0.4 is 5.32 Å². The molecule has 0 aromatic carbocycles. The van der Waals surface area contributed by atoms with E-state index in [-0.39, 0.29) is 11.9 Å². The summed E-state index contributed by atoms with van der Waals surface area (Å²) in [5.41, 5.74) is 0.967. The maximum atomic E-state index is 12.0. The fraction of sp³-hybridized carbons (Fsp3) is 0.733. The highest BCUT2D eigenvalue weighted by Gasteiger charge is 2.32. The van der Waals surface area contributed by atoms with Gasteiger partial charge in [0, 0.05) is 10.9 Å². The van der Waals surface area contributed by atoms with Gasteiger partial charge in [-0.1, -0.05) is 6.92 Å². The van der Waals surface area contributed by atoms with E-state index in [0.717, 1.165) is 36.0 Å². The van der Waals surface area contributed by atoms with Crippen LogP contribution in [0, 0.1) is 5.92 Å². The van der Waals surface area contributed by atoms with Gasteiger partial charge in [-0.15, -0.1) is 11.3 Å². The third kappa shape index (κ3) is 2.68. The number of aryl methyl sites for hydroxylation is 1. The molecule has 1 saturated carbocycles. The number of aromatic nitrogens is 1. The van der Waals surface area contributed by atoms with Gasteiger partial charge in [0.15, 0.2) is 5.13 Å². The number of rotatable bonds is 4. The lowest BCUT2D eigenvalue weighted by atomic mass is 9.82. The van der Waals surface area contributed by atoms with Gasteiger partial charge >= 0.3 is 5.97 Å². The molecule has 20 heavy (non-hydrogen) atoms. The smallest absolute Gasteiger partial charge is 0.315 e. The summed E-state index contributed by atoms with van der Waals surface area (Å²) in [5, 5.41) is 4.50. The number of hydrogen-bond donors (Lipinski definition) is 1. The molecule has 1 N–H and O–H groups in total. The van der Waals surface area contributed by atoms with E-state index < -0.39 is 0 Å². The molecule has 110 valence electrons. The van der Waals surface area contributed by atoms with Gasteiger partial charge < -0.3 is 10.1 Å². The minimum atomic E-state index is -0.147. The highest BCUT2D eigenvalue weighted by molar-refractivity contribution is 7.15. The van der Waals surface area contributed by atoms with E-state index in [4.69, 9.17) is 4.74 Å². The molecular weight excluding hydrogens is 272 g/mol.